The Morgan fingerprint density at radius 2 is 1.58 bits per heavy atom. The molecule has 0 amide bonds. The lowest BCUT2D eigenvalue weighted by molar-refractivity contribution is 0.306. The molecule has 19 heavy (non-hydrogen) atoms. The quantitative estimate of drug-likeness (QED) is 0.703. The number of rotatable bonds is 4. The van der Waals surface area contributed by atoms with Gasteiger partial charge in [0.1, 0.15) is 12.4 Å². The molecular formula is C16H16Cl2O. The van der Waals surface area contributed by atoms with Crippen molar-refractivity contribution in [3.8, 4) is 5.75 Å². The smallest absolute Gasteiger partial charge is 0.122 e. The van der Waals surface area contributed by atoms with Gasteiger partial charge in [-0.05, 0) is 29.2 Å². The van der Waals surface area contributed by atoms with E-state index in [-0.39, 0.29) is 0 Å². The summed E-state index contributed by atoms with van der Waals surface area (Å²) in [5.41, 5.74) is 2.08. The molecule has 0 bridgehead atoms. The zero-order valence-corrected chi connectivity index (χ0v) is 12.5. The summed E-state index contributed by atoms with van der Waals surface area (Å²) in [5.74, 6) is 0.992. The average Bonchev–Trinajstić information content (AvgIpc) is 2.36. The molecule has 0 unspecified atom stereocenters. The van der Waals surface area contributed by atoms with Crippen LogP contribution < -0.4 is 4.74 Å². The summed E-state index contributed by atoms with van der Waals surface area (Å²) in [5, 5.41) is 1.32. The third-order valence-electron chi connectivity index (χ3n) is 2.88. The van der Waals surface area contributed by atoms with E-state index in [1.54, 1.807) is 0 Å². The van der Waals surface area contributed by atoms with Crippen LogP contribution in [0.4, 0.5) is 0 Å². The van der Waals surface area contributed by atoms with Crippen LogP contribution in [0.2, 0.25) is 10.0 Å². The standard InChI is InChI=1S/C16H16Cl2O/c1-11(2)16-14(17)8-13(9-15(16)18)19-10-12-6-4-3-5-7-12/h3-9,11H,10H2,1-2H3. The van der Waals surface area contributed by atoms with Crippen molar-refractivity contribution in [3.05, 3.63) is 63.6 Å². The molecule has 0 saturated carbocycles. The van der Waals surface area contributed by atoms with Crippen LogP contribution in [0.3, 0.4) is 0 Å². The van der Waals surface area contributed by atoms with Crippen molar-refractivity contribution in [1.82, 2.24) is 0 Å². The Morgan fingerprint density at radius 1 is 1.00 bits per heavy atom. The van der Waals surface area contributed by atoms with E-state index in [2.05, 4.69) is 13.8 Å². The number of ether oxygens (including phenoxy) is 1. The van der Waals surface area contributed by atoms with Gasteiger partial charge in [-0.3, -0.25) is 0 Å². The first-order chi connectivity index (χ1) is 9.08. The van der Waals surface area contributed by atoms with E-state index in [4.69, 9.17) is 27.9 Å². The maximum Gasteiger partial charge on any atom is 0.122 e. The molecule has 0 N–H and O–H groups in total. The topological polar surface area (TPSA) is 9.23 Å². The van der Waals surface area contributed by atoms with Crippen LogP contribution in [0.15, 0.2) is 42.5 Å². The number of benzene rings is 2. The molecule has 0 heterocycles. The third-order valence-corrected chi connectivity index (χ3v) is 3.50. The second kappa shape index (κ2) is 6.31. The molecule has 2 aromatic carbocycles. The molecule has 0 spiro atoms. The molecule has 3 heteroatoms. The largest absolute Gasteiger partial charge is 0.489 e. The first kappa shape index (κ1) is 14.2. The van der Waals surface area contributed by atoms with Gasteiger partial charge in [-0.15, -0.1) is 0 Å². The van der Waals surface area contributed by atoms with Gasteiger partial charge in [-0.1, -0.05) is 67.4 Å². The lowest BCUT2D eigenvalue weighted by Gasteiger charge is -2.13. The molecule has 0 aromatic heterocycles. The highest BCUT2D eigenvalue weighted by atomic mass is 35.5. The molecule has 0 aliphatic heterocycles. The SMILES string of the molecule is CC(C)c1c(Cl)cc(OCc2ccccc2)cc1Cl. The highest BCUT2D eigenvalue weighted by Gasteiger charge is 2.12. The monoisotopic (exact) mass is 294 g/mol. The van der Waals surface area contributed by atoms with Gasteiger partial charge in [0.15, 0.2) is 0 Å². The molecular weight excluding hydrogens is 279 g/mol. The van der Waals surface area contributed by atoms with E-state index < -0.39 is 0 Å². The van der Waals surface area contributed by atoms with E-state index in [9.17, 15) is 0 Å². The second-order valence-electron chi connectivity index (χ2n) is 4.73. The number of hydrogen-bond acceptors (Lipinski definition) is 1. The van der Waals surface area contributed by atoms with Crippen LogP contribution in [-0.2, 0) is 6.61 Å². The molecule has 0 atom stereocenters. The van der Waals surface area contributed by atoms with Gasteiger partial charge >= 0.3 is 0 Å². The molecule has 100 valence electrons. The second-order valence-corrected chi connectivity index (χ2v) is 5.54. The summed E-state index contributed by atoms with van der Waals surface area (Å²) in [4.78, 5) is 0. The van der Waals surface area contributed by atoms with Crippen molar-refractivity contribution in [3.63, 3.8) is 0 Å². The summed E-state index contributed by atoms with van der Waals surface area (Å²) < 4.78 is 5.72. The predicted molar refractivity (Wildman–Crippen MR) is 81.3 cm³/mol. The van der Waals surface area contributed by atoms with Gasteiger partial charge in [0, 0.05) is 10.0 Å². The van der Waals surface area contributed by atoms with E-state index in [0.717, 1.165) is 11.1 Å². The van der Waals surface area contributed by atoms with Crippen molar-refractivity contribution >= 4 is 23.2 Å². The van der Waals surface area contributed by atoms with Crippen LogP contribution in [0, 0.1) is 0 Å². The van der Waals surface area contributed by atoms with Crippen LogP contribution in [0.5, 0.6) is 5.75 Å². The third kappa shape index (κ3) is 3.65. The fourth-order valence-electron chi connectivity index (χ4n) is 1.94. The fourth-order valence-corrected chi connectivity index (χ4v) is 2.84. The Morgan fingerprint density at radius 3 is 2.11 bits per heavy atom. The van der Waals surface area contributed by atoms with Gasteiger partial charge in [0.2, 0.25) is 0 Å². The fraction of sp³-hybridized carbons (Fsp3) is 0.250. The van der Waals surface area contributed by atoms with Crippen molar-refractivity contribution in [2.75, 3.05) is 0 Å². The molecule has 2 aromatic rings. The molecule has 2 rings (SSSR count). The Balaban J connectivity index is 2.14. The Bertz CT molecular complexity index is 527. The van der Waals surface area contributed by atoms with Gasteiger partial charge < -0.3 is 4.74 Å². The minimum Gasteiger partial charge on any atom is -0.489 e. The van der Waals surface area contributed by atoms with Gasteiger partial charge in [0.05, 0.1) is 0 Å². The minimum absolute atomic E-state index is 0.295. The molecule has 0 aliphatic rings. The number of hydrogen-bond donors (Lipinski definition) is 0. The molecule has 0 radical (unpaired) electrons. The summed E-state index contributed by atoms with van der Waals surface area (Å²) >= 11 is 12.5. The molecule has 1 nitrogen and oxygen atoms in total. The average molecular weight is 295 g/mol. The number of halogens is 2. The normalized spacial score (nSPS) is 10.8. The Hall–Kier alpha value is -1.18. The van der Waals surface area contributed by atoms with Crippen LogP contribution in [0.1, 0.15) is 30.9 Å². The maximum atomic E-state index is 6.25. The Labute approximate surface area is 124 Å². The first-order valence-electron chi connectivity index (χ1n) is 6.23. The van der Waals surface area contributed by atoms with E-state index in [1.807, 2.05) is 42.5 Å². The van der Waals surface area contributed by atoms with Crippen LogP contribution in [-0.4, -0.2) is 0 Å². The van der Waals surface area contributed by atoms with Crippen molar-refractivity contribution in [2.45, 2.75) is 26.4 Å². The maximum absolute atomic E-state index is 6.25. The van der Waals surface area contributed by atoms with E-state index >= 15 is 0 Å². The zero-order valence-electron chi connectivity index (χ0n) is 11.0. The van der Waals surface area contributed by atoms with Crippen molar-refractivity contribution in [1.29, 1.82) is 0 Å². The van der Waals surface area contributed by atoms with Gasteiger partial charge in [-0.2, -0.15) is 0 Å². The minimum atomic E-state index is 0.295. The summed E-state index contributed by atoms with van der Waals surface area (Å²) in [6, 6.07) is 13.6. The van der Waals surface area contributed by atoms with Gasteiger partial charge in [0.25, 0.3) is 0 Å². The molecule has 0 fully saturated rings. The van der Waals surface area contributed by atoms with Crippen molar-refractivity contribution < 1.29 is 4.74 Å². The summed E-state index contributed by atoms with van der Waals surface area (Å²) in [6.07, 6.45) is 0. The van der Waals surface area contributed by atoms with Crippen LogP contribution in [0.25, 0.3) is 0 Å². The first-order valence-corrected chi connectivity index (χ1v) is 6.99. The zero-order chi connectivity index (χ0) is 13.8. The van der Waals surface area contributed by atoms with E-state index in [0.29, 0.717) is 28.3 Å². The summed E-state index contributed by atoms with van der Waals surface area (Å²) in [7, 11) is 0. The van der Waals surface area contributed by atoms with Crippen molar-refractivity contribution in [2.24, 2.45) is 0 Å². The molecule has 0 aliphatic carbocycles. The highest BCUT2D eigenvalue weighted by Crippen LogP contribution is 2.35. The van der Waals surface area contributed by atoms with Crippen LogP contribution >= 0.6 is 23.2 Å². The lowest BCUT2D eigenvalue weighted by Crippen LogP contribution is -1.97. The highest BCUT2D eigenvalue weighted by molar-refractivity contribution is 6.36. The predicted octanol–water partition coefficient (Wildman–Crippen LogP) is 5.70. The molecule has 0 saturated heterocycles. The Kier molecular flexibility index (Phi) is 4.73. The van der Waals surface area contributed by atoms with E-state index in [1.165, 1.54) is 0 Å². The lowest BCUT2D eigenvalue weighted by atomic mass is 10.0. The summed E-state index contributed by atoms with van der Waals surface area (Å²) in [6.45, 7) is 4.64. The van der Waals surface area contributed by atoms with Gasteiger partial charge in [-0.25, -0.2) is 0 Å².